The highest BCUT2D eigenvalue weighted by molar-refractivity contribution is 5.81. The second-order valence-corrected chi connectivity index (χ2v) is 5.00. The van der Waals surface area contributed by atoms with Crippen LogP contribution in [-0.2, 0) is 14.4 Å². The van der Waals surface area contributed by atoms with Crippen LogP contribution in [0.3, 0.4) is 0 Å². The molecule has 0 aliphatic rings. The second kappa shape index (κ2) is 10.8. The normalized spacial score (nSPS) is 12.6. The number of hydrogen-bond donors (Lipinski definition) is 3. The van der Waals surface area contributed by atoms with E-state index >= 15 is 0 Å². The SMILES string of the molecule is CC(=O)NCCN(CCNC(C)=O)CCNC(=O)C(F)C(F)(F)F. The fourth-order valence-electron chi connectivity index (χ4n) is 1.69. The Kier molecular flexibility index (Phi) is 9.93. The van der Waals surface area contributed by atoms with Gasteiger partial charge in [0.05, 0.1) is 0 Å². The van der Waals surface area contributed by atoms with Gasteiger partial charge in [-0.1, -0.05) is 0 Å². The van der Waals surface area contributed by atoms with E-state index in [1.165, 1.54) is 13.8 Å². The van der Waals surface area contributed by atoms with Gasteiger partial charge in [-0.05, 0) is 0 Å². The van der Waals surface area contributed by atoms with Gasteiger partial charge < -0.3 is 16.0 Å². The maximum atomic E-state index is 12.8. The van der Waals surface area contributed by atoms with Crippen molar-refractivity contribution in [3.05, 3.63) is 0 Å². The number of carbonyl (C=O) groups is 3. The first-order chi connectivity index (χ1) is 11.0. The smallest absolute Gasteiger partial charge is 0.355 e. The maximum absolute atomic E-state index is 12.8. The summed E-state index contributed by atoms with van der Waals surface area (Å²) in [7, 11) is 0. The average Bonchev–Trinajstić information content (AvgIpc) is 2.44. The van der Waals surface area contributed by atoms with Crippen LogP contribution in [-0.4, -0.2) is 74.2 Å². The Morgan fingerprint density at radius 3 is 1.58 bits per heavy atom. The molecule has 0 saturated carbocycles. The summed E-state index contributed by atoms with van der Waals surface area (Å²) < 4.78 is 48.9. The number of hydrogen-bond acceptors (Lipinski definition) is 4. The summed E-state index contributed by atoms with van der Waals surface area (Å²) in [5.41, 5.74) is 0. The van der Waals surface area contributed by atoms with Crippen molar-refractivity contribution >= 4 is 17.7 Å². The molecule has 0 aliphatic carbocycles. The molecule has 0 radical (unpaired) electrons. The van der Waals surface area contributed by atoms with Crippen molar-refractivity contribution in [2.75, 3.05) is 39.3 Å². The molecule has 7 nitrogen and oxygen atoms in total. The van der Waals surface area contributed by atoms with Gasteiger partial charge >= 0.3 is 6.18 Å². The van der Waals surface area contributed by atoms with E-state index in [1.807, 2.05) is 5.32 Å². The highest BCUT2D eigenvalue weighted by Gasteiger charge is 2.45. The van der Waals surface area contributed by atoms with Gasteiger partial charge in [-0.15, -0.1) is 0 Å². The number of amides is 3. The van der Waals surface area contributed by atoms with Crippen molar-refractivity contribution in [1.29, 1.82) is 0 Å². The molecule has 0 heterocycles. The Hall–Kier alpha value is -1.91. The van der Waals surface area contributed by atoms with E-state index in [0.717, 1.165) is 0 Å². The van der Waals surface area contributed by atoms with Crippen molar-refractivity contribution in [2.45, 2.75) is 26.2 Å². The Labute approximate surface area is 137 Å². The van der Waals surface area contributed by atoms with Gasteiger partial charge in [0, 0.05) is 53.1 Å². The van der Waals surface area contributed by atoms with Crippen molar-refractivity contribution in [3.8, 4) is 0 Å². The molecule has 0 bridgehead atoms. The zero-order valence-corrected chi connectivity index (χ0v) is 13.5. The summed E-state index contributed by atoms with van der Waals surface area (Å²) in [4.78, 5) is 34.4. The predicted molar refractivity (Wildman–Crippen MR) is 77.8 cm³/mol. The molecule has 1 unspecified atom stereocenters. The molecule has 0 aromatic carbocycles. The van der Waals surface area contributed by atoms with E-state index < -0.39 is 18.3 Å². The third-order valence-corrected chi connectivity index (χ3v) is 2.85. The van der Waals surface area contributed by atoms with Crippen LogP contribution in [0.5, 0.6) is 0 Å². The summed E-state index contributed by atoms with van der Waals surface area (Å²) in [6, 6.07) is 0. The molecule has 1 atom stereocenters. The van der Waals surface area contributed by atoms with Crippen LogP contribution < -0.4 is 16.0 Å². The van der Waals surface area contributed by atoms with Crippen LogP contribution in [0.15, 0.2) is 0 Å². The minimum Gasteiger partial charge on any atom is -0.355 e. The van der Waals surface area contributed by atoms with E-state index in [2.05, 4.69) is 10.6 Å². The van der Waals surface area contributed by atoms with Gasteiger partial charge in [-0.2, -0.15) is 13.2 Å². The standard InChI is InChI=1S/C13H22F4N4O3/c1-9(22)18-3-6-21(7-4-19-10(2)23)8-5-20-12(24)11(14)13(15,16)17/h11H,3-8H2,1-2H3,(H,18,22)(H,19,23)(H,20,24). The fourth-order valence-corrected chi connectivity index (χ4v) is 1.69. The largest absolute Gasteiger partial charge is 0.428 e. The van der Waals surface area contributed by atoms with E-state index in [9.17, 15) is 31.9 Å². The molecule has 11 heteroatoms. The van der Waals surface area contributed by atoms with E-state index in [0.29, 0.717) is 13.1 Å². The molecule has 0 aromatic heterocycles. The number of nitrogens with one attached hydrogen (secondary N) is 3. The van der Waals surface area contributed by atoms with Crippen LogP contribution in [0.2, 0.25) is 0 Å². The lowest BCUT2D eigenvalue weighted by Gasteiger charge is -2.23. The molecule has 0 fully saturated rings. The molecule has 0 aliphatic heterocycles. The highest BCUT2D eigenvalue weighted by Crippen LogP contribution is 2.22. The molecule has 0 aromatic rings. The number of rotatable bonds is 10. The Balaban J connectivity index is 4.29. The number of alkyl halides is 4. The molecular weight excluding hydrogens is 336 g/mol. The lowest BCUT2D eigenvalue weighted by atomic mass is 10.3. The first-order valence-electron chi connectivity index (χ1n) is 7.23. The minimum atomic E-state index is -5.24. The fraction of sp³-hybridized carbons (Fsp3) is 0.769. The second-order valence-electron chi connectivity index (χ2n) is 5.00. The van der Waals surface area contributed by atoms with Gasteiger partial charge in [-0.25, -0.2) is 4.39 Å². The van der Waals surface area contributed by atoms with Crippen molar-refractivity contribution in [2.24, 2.45) is 0 Å². The maximum Gasteiger partial charge on any atom is 0.428 e. The van der Waals surface area contributed by atoms with Crippen molar-refractivity contribution in [3.63, 3.8) is 0 Å². The van der Waals surface area contributed by atoms with Gasteiger partial charge in [0.1, 0.15) is 0 Å². The number of carbonyl (C=O) groups excluding carboxylic acids is 3. The van der Waals surface area contributed by atoms with Crippen LogP contribution >= 0.6 is 0 Å². The average molecular weight is 358 g/mol. The highest BCUT2D eigenvalue weighted by atomic mass is 19.4. The molecule has 3 N–H and O–H groups in total. The summed E-state index contributed by atoms with van der Waals surface area (Å²) in [6.07, 6.45) is -8.80. The van der Waals surface area contributed by atoms with Gasteiger partial charge in [-0.3, -0.25) is 19.3 Å². The summed E-state index contributed by atoms with van der Waals surface area (Å²) in [5.74, 6) is -2.22. The Morgan fingerprint density at radius 2 is 1.25 bits per heavy atom. The molecule has 24 heavy (non-hydrogen) atoms. The lowest BCUT2D eigenvalue weighted by Crippen LogP contribution is -2.46. The molecular formula is C13H22F4N4O3. The number of halogens is 4. The lowest BCUT2D eigenvalue weighted by molar-refractivity contribution is -0.186. The topological polar surface area (TPSA) is 90.5 Å². The third-order valence-electron chi connectivity index (χ3n) is 2.85. The van der Waals surface area contributed by atoms with Crippen LogP contribution in [0, 0.1) is 0 Å². The zero-order chi connectivity index (χ0) is 18.8. The third kappa shape index (κ3) is 10.8. The van der Waals surface area contributed by atoms with Crippen LogP contribution in [0.25, 0.3) is 0 Å². The van der Waals surface area contributed by atoms with E-state index in [-0.39, 0.29) is 38.0 Å². The van der Waals surface area contributed by atoms with Crippen LogP contribution in [0.1, 0.15) is 13.8 Å². The molecule has 0 spiro atoms. The van der Waals surface area contributed by atoms with Crippen molar-refractivity contribution < 1.29 is 31.9 Å². The van der Waals surface area contributed by atoms with Gasteiger partial charge in [0.2, 0.25) is 11.8 Å². The number of nitrogens with zero attached hydrogens (tertiary/aromatic N) is 1. The van der Waals surface area contributed by atoms with Crippen molar-refractivity contribution in [1.82, 2.24) is 20.9 Å². The Bertz CT molecular complexity index is 412. The van der Waals surface area contributed by atoms with Gasteiger partial charge in [0.25, 0.3) is 12.1 Å². The molecule has 0 rings (SSSR count). The van der Waals surface area contributed by atoms with Crippen LogP contribution in [0.4, 0.5) is 17.6 Å². The molecule has 0 saturated heterocycles. The van der Waals surface area contributed by atoms with E-state index in [1.54, 1.807) is 4.90 Å². The molecule has 3 amide bonds. The summed E-state index contributed by atoms with van der Waals surface area (Å²) >= 11 is 0. The predicted octanol–water partition coefficient (Wildman–Crippen LogP) is -0.423. The summed E-state index contributed by atoms with van der Waals surface area (Å²) in [5, 5.41) is 6.96. The quantitative estimate of drug-likeness (QED) is 0.463. The first-order valence-corrected chi connectivity index (χ1v) is 7.23. The summed E-state index contributed by atoms with van der Waals surface area (Å²) in [6.45, 7) is 3.89. The zero-order valence-electron chi connectivity index (χ0n) is 13.5. The van der Waals surface area contributed by atoms with E-state index in [4.69, 9.17) is 0 Å². The molecule has 140 valence electrons. The Morgan fingerprint density at radius 1 is 0.875 bits per heavy atom. The minimum absolute atomic E-state index is 0.134. The first kappa shape index (κ1) is 22.1. The van der Waals surface area contributed by atoms with Gasteiger partial charge in [0.15, 0.2) is 0 Å². The monoisotopic (exact) mass is 358 g/mol.